The normalized spacial score (nSPS) is 14.5. The van der Waals surface area contributed by atoms with Crippen molar-refractivity contribution in [1.82, 2.24) is 0 Å². The van der Waals surface area contributed by atoms with E-state index < -0.39 is 34.2 Å². The Morgan fingerprint density at radius 3 is 2.11 bits per heavy atom. The van der Waals surface area contributed by atoms with Crippen LogP contribution in [0.2, 0.25) is 0 Å². The second-order valence-electron chi connectivity index (χ2n) is 3.71. The van der Waals surface area contributed by atoms with Crippen molar-refractivity contribution in [1.29, 1.82) is 0 Å². The number of hydrogen-bond donors (Lipinski definition) is 1. The van der Waals surface area contributed by atoms with Gasteiger partial charge in [-0.05, 0) is 24.3 Å². The summed E-state index contributed by atoms with van der Waals surface area (Å²) in [6.45, 7) is -0.751. The maximum absolute atomic E-state index is 12.5. The van der Waals surface area contributed by atoms with Gasteiger partial charge in [-0.25, -0.2) is 8.42 Å². The molecule has 1 unspecified atom stereocenters. The molecule has 102 valence electrons. The first-order valence-corrected chi connectivity index (χ1v) is 7.36. The van der Waals surface area contributed by atoms with Crippen LogP contribution in [0.25, 0.3) is 0 Å². The van der Waals surface area contributed by atoms with Crippen LogP contribution in [0.5, 0.6) is 0 Å². The molecule has 18 heavy (non-hydrogen) atoms. The third-order valence-electron chi connectivity index (χ3n) is 2.34. The molecule has 2 N–H and O–H groups in total. The van der Waals surface area contributed by atoms with Crippen molar-refractivity contribution in [2.24, 2.45) is 11.7 Å². The highest BCUT2D eigenvalue weighted by atomic mass is 79.9. The van der Waals surface area contributed by atoms with Crippen molar-refractivity contribution in [2.45, 2.75) is 11.1 Å². The maximum Gasteiger partial charge on any atom is 0.394 e. The maximum atomic E-state index is 12.5. The number of benzene rings is 1. The minimum atomic E-state index is -4.61. The summed E-state index contributed by atoms with van der Waals surface area (Å²) in [6, 6.07) is 5.42. The average molecular weight is 346 g/mol. The Kier molecular flexibility index (Phi) is 4.79. The van der Waals surface area contributed by atoms with E-state index in [9.17, 15) is 21.6 Å². The zero-order valence-electron chi connectivity index (χ0n) is 9.11. The standard InChI is InChI=1S/C10H11BrF3NO2S/c11-8-1-3-9(4-2-8)18(16,17)6-7(5-15)10(12,13)14/h1-4,7H,5-6,15H2. The first-order chi connectivity index (χ1) is 8.16. The van der Waals surface area contributed by atoms with Crippen molar-refractivity contribution in [3.8, 4) is 0 Å². The fourth-order valence-corrected chi connectivity index (χ4v) is 3.16. The highest BCUT2D eigenvalue weighted by Gasteiger charge is 2.41. The molecule has 1 aromatic rings. The summed E-state index contributed by atoms with van der Waals surface area (Å²) in [4.78, 5) is -0.145. The van der Waals surface area contributed by atoms with E-state index in [1.807, 2.05) is 0 Å². The van der Waals surface area contributed by atoms with Crippen molar-refractivity contribution >= 4 is 25.8 Å². The zero-order valence-corrected chi connectivity index (χ0v) is 11.5. The molecule has 0 radical (unpaired) electrons. The number of rotatable bonds is 4. The molecule has 3 nitrogen and oxygen atoms in total. The average Bonchev–Trinajstić information content (AvgIpc) is 2.25. The molecule has 1 atom stereocenters. The van der Waals surface area contributed by atoms with E-state index in [2.05, 4.69) is 15.9 Å². The molecular weight excluding hydrogens is 335 g/mol. The third-order valence-corrected chi connectivity index (χ3v) is 4.70. The van der Waals surface area contributed by atoms with Gasteiger partial charge in [-0.15, -0.1) is 0 Å². The van der Waals surface area contributed by atoms with E-state index in [4.69, 9.17) is 5.73 Å². The number of halogens is 4. The lowest BCUT2D eigenvalue weighted by atomic mass is 10.2. The lowest BCUT2D eigenvalue weighted by molar-refractivity contribution is -0.165. The molecule has 0 spiro atoms. The summed E-state index contributed by atoms with van der Waals surface area (Å²) in [5.74, 6) is -3.08. The van der Waals surface area contributed by atoms with E-state index in [-0.39, 0.29) is 4.90 Å². The first-order valence-electron chi connectivity index (χ1n) is 4.92. The lowest BCUT2D eigenvalue weighted by Crippen LogP contribution is -2.36. The van der Waals surface area contributed by atoms with Gasteiger partial charge in [-0.1, -0.05) is 15.9 Å². The first kappa shape index (κ1) is 15.5. The second-order valence-corrected chi connectivity index (χ2v) is 6.66. The molecule has 1 aromatic carbocycles. The van der Waals surface area contributed by atoms with Gasteiger partial charge >= 0.3 is 6.18 Å². The summed E-state index contributed by atoms with van der Waals surface area (Å²) in [7, 11) is -3.99. The van der Waals surface area contributed by atoms with E-state index in [0.29, 0.717) is 4.47 Å². The van der Waals surface area contributed by atoms with E-state index in [1.165, 1.54) is 24.3 Å². The summed E-state index contributed by atoms with van der Waals surface area (Å²) in [5.41, 5.74) is 4.98. The number of nitrogens with two attached hydrogens (primary N) is 1. The van der Waals surface area contributed by atoms with Crippen molar-refractivity contribution in [3.63, 3.8) is 0 Å². The van der Waals surface area contributed by atoms with Crippen molar-refractivity contribution in [2.75, 3.05) is 12.3 Å². The van der Waals surface area contributed by atoms with Crippen LogP contribution in [0.1, 0.15) is 0 Å². The summed E-state index contributed by atoms with van der Waals surface area (Å²) < 4.78 is 61.7. The highest BCUT2D eigenvalue weighted by molar-refractivity contribution is 9.10. The largest absolute Gasteiger partial charge is 0.394 e. The third kappa shape index (κ3) is 3.96. The SMILES string of the molecule is NCC(CS(=O)(=O)c1ccc(Br)cc1)C(F)(F)F. The van der Waals surface area contributed by atoms with E-state index in [0.717, 1.165) is 0 Å². The molecule has 0 aromatic heterocycles. The number of hydrogen-bond acceptors (Lipinski definition) is 3. The molecule has 0 aliphatic carbocycles. The fourth-order valence-electron chi connectivity index (χ4n) is 1.30. The molecule has 0 aliphatic heterocycles. The van der Waals surface area contributed by atoms with Gasteiger partial charge in [0.15, 0.2) is 9.84 Å². The van der Waals surface area contributed by atoms with Crippen LogP contribution in [0.4, 0.5) is 13.2 Å². The van der Waals surface area contributed by atoms with Crippen LogP contribution in [-0.2, 0) is 9.84 Å². The Hall–Kier alpha value is -0.600. The molecular formula is C10H11BrF3NO2S. The predicted octanol–water partition coefficient (Wildman–Crippen LogP) is 2.36. The Labute approximate surface area is 111 Å². The molecule has 8 heteroatoms. The van der Waals surface area contributed by atoms with Gasteiger partial charge in [0, 0.05) is 11.0 Å². The number of sulfone groups is 1. The predicted molar refractivity (Wildman–Crippen MR) is 64.8 cm³/mol. The smallest absolute Gasteiger partial charge is 0.330 e. The summed E-state index contributed by atoms with van der Waals surface area (Å²) in [6.07, 6.45) is -4.61. The van der Waals surface area contributed by atoms with Gasteiger partial charge in [0.25, 0.3) is 0 Å². The molecule has 0 saturated heterocycles. The van der Waals surface area contributed by atoms with E-state index in [1.54, 1.807) is 0 Å². The van der Waals surface area contributed by atoms with Crippen molar-refractivity contribution in [3.05, 3.63) is 28.7 Å². The van der Waals surface area contributed by atoms with Crippen LogP contribution in [-0.4, -0.2) is 26.9 Å². The molecule has 0 bridgehead atoms. The Balaban J connectivity index is 2.98. The highest BCUT2D eigenvalue weighted by Crippen LogP contribution is 2.28. The molecule has 0 amide bonds. The Morgan fingerprint density at radius 1 is 1.22 bits per heavy atom. The Morgan fingerprint density at radius 2 is 1.72 bits per heavy atom. The topological polar surface area (TPSA) is 60.2 Å². The molecule has 0 heterocycles. The zero-order chi connectivity index (χ0) is 14.0. The molecule has 1 rings (SSSR count). The molecule has 0 fully saturated rings. The van der Waals surface area contributed by atoms with Gasteiger partial charge in [0.1, 0.15) is 0 Å². The van der Waals surface area contributed by atoms with Crippen LogP contribution < -0.4 is 5.73 Å². The minimum Gasteiger partial charge on any atom is -0.330 e. The van der Waals surface area contributed by atoms with Crippen LogP contribution in [0, 0.1) is 5.92 Å². The van der Waals surface area contributed by atoms with Gasteiger partial charge in [-0.3, -0.25) is 0 Å². The molecule has 0 saturated carbocycles. The van der Waals surface area contributed by atoms with Crippen molar-refractivity contribution < 1.29 is 21.6 Å². The van der Waals surface area contributed by atoms with Crippen LogP contribution in [0.3, 0.4) is 0 Å². The second kappa shape index (κ2) is 5.58. The summed E-state index contributed by atoms with van der Waals surface area (Å²) in [5, 5.41) is 0. The lowest BCUT2D eigenvalue weighted by Gasteiger charge is -2.18. The van der Waals surface area contributed by atoms with Gasteiger partial charge in [0.05, 0.1) is 16.6 Å². The summed E-state index contributed by atoms with van der Waals surface area (Å²) >= 11 is 3.11. The van der Waals surface area contributed by atoms with E-state index >= 15 is 0 Å². The minimum absolute atomic E-state index is 0.145. The van der Waals surface area contributed by atoms with Gasteiger partial charge < -0.3 is 5.73 Å². The molecule has 0 aliphatic rings. The van der Waals surface area contributed by atoms with Gasteiger partial charge in [-0.2, -0.15) is 13.2 Å². The quantitative estimate of drug-likeness (QED) is 0.911. The van der Waals surface area contributed by atoms with Crippen LogP contribution >= 0.6 is 15.9 Å². The number of alkyl halides is 3. The van der Waals surface area contributed by atoms with Gasteiger partial charge in [0.2, 0.25) is 0 Å². The monoisotopic (exact) mass is 345 g/mol. The fraction of sp³-hybridized carbons (Fsp3) is 0.400. The van der Waals surface area contributed by atoms with Crippen LogP contribution in [0.15, 0.2) is 33.6 Å². The Bertz CT molecular complexity index is 499.